The van der Waals surface area contributed by atoms with E-state index in [-0.39, 0.29) is 18.1 Å². The monoisotopic (exact) mass is 220 g/mol. The third kappa shape index (κ3) is 2.28. The molecule has 0 spiro atoms. The van der Waals surface area contributed by atoms with Crippen molar-refractivity contribution < 1.29 is 9.15 Å². The minimum Gasteiger partial charge on any atom is -0.461 e. The number of nitrogens with two attached hydrogens (primary N) is 1. The van der Waals surface area contributed by atoms with Crippen molar-refractivity contribution >= 4 is 5.95 Å². The Morgan fingerprint density at radius 1 is 1.31 bits per heavy atom. The Balaban J connectivity index is 2.36. The molecule has 0 radical (unpaired) electrons. The molecule has 6 nitrogen and oxygen atoms in total. The number of aromatic nitrogens is 3. The van der Waals surface area contributed by atoms with E-state index in [1.165, 1.54) is 6.26 Å². The van der Waals surface area contributed by atoms with Gasteiger partial charge in [0.25, 0.3) is 0 Å². The van der Waals surface area contributed by atoms with Crippen molar-refractivity contribution in [3.8, 4) is 17.6 Å². The van der Waals surface area contributed by atoms with Crippen LogP contribution in [-0.4, -0.2) is 21.1 Å². The van der Waals surface area contributed by atoms with E-state index < -0.39 is 0 Å². The lowest BCUT2D eigenvalue weighted by atomic mass is 10.4. The second-order valence-corrected chi connectivity index (χ2v) is 3.44. The molecule has 0 atom stereocenters. The van der Waals surface area contributed by atoms with E-state index in [0.29, 0.717) is 11.6 Å². The van der Waals surface area contributed by atoms with Crippen molar-refractivity contribution in [2.45, 2.75) is 20.0 Å². The van der Waals surface area contributed by atoms with E-state index in [4.69, 9.17) is 14.9 Å². The summed E-state index contributed by atoms with van der Waals surface area (Å²) in [5.74, 6) is 1.01. The molecule has 0 aliphatic rings. The summed E-state index contributed by atoms with van der Waals surface area (Å²) in [6, 6.07) is 3.69. The Hall–Kier alpha value is -2.11. The van der Waals surface area contributed by atoms with Crippen molar-refractivity contribution in [1.82, 2.24) is 15.0 Å². The van der Waals surface area contributed by atoms with Crippen LogP contribution in [0.3, 0.4) is 0 Å². The zero-order valence-electron chi connectivity index (χ0n) is 9.04. The lowest BCUT2D eigenvalue weighted by Crippen LogP contribution is -2.10. The predicted octanol–water partition coefficient (Wildman–Crippen LogP) is 1.50. The number of anilines is 1. The minimum atomic E-state index is -0.0220. The molecular formula is C10H12N4O2. The van der Waals surface area contributed by atoms with Crippen LogP contribution in [0.4, 0.5) is 5.95 Å². The fraction of sp³-hybridized carbons (Fsp3) is 0.300. The van der Waals surface area contributed by atoms with Crippen LogP contribution in [0.25, 0.3) is 11.6 Å². The van der Waals surface area contributed by atoms with Gasteiger partial charge in [-0.05, 0) is 26.0 Å². The first-order valence-electron chi connectivity index (χ1n) is 4.87. The second kappa shape index (κ2) is 4.18. The first-order valence-corrected chi connectivity index (χ1v) is 4.87. The number of hydrogen-bond donors (Lipinski definition) is 1. The maximum absolute atomic E-state index is 5.56. The molecule has 2 aromatic rings. The van der Waals surface area contributed by atoms with Gasteiger partial charge in [0.1, 0.15) is 0 Å². The molecule has 0 aliphatic heterocycles. The van der Waals surface area contributed by atoms with Crippen LogP contribution in [-0.2, 0) is 0 Å². The van der Waals surface area contributed by atoms with Crippen LogP contribution in [0.2, 0.25) is 0 Å². The van der Waals surface area contributed by atoms with E-state index in [2.05, 4.69) is 15.0 Å². The average Bonchev–Trinajstić information content (AvgIpc) is 2.67. The Morgan fingerprint density at radius 2 is 2.12 bits per heavy atom. The van der Waals surface area contributed by atoms with Crippen LogP contribution >= 0.6 is 0 Å². The summed E-state index contributed by atoms with van der Waals surface area (Å²) in [7, 11) is 0. The van der Waals surface area contributed by atoms with Gasteiger partial charge in [-0.1, -0.05) is 0 Å². The topological polar surface area (TPSA) is 87.1 Å². The maximum atomic E-state index is 5.56. The molecule has 2 rings (SSSR count). The third-order valence-corrected chi connectivity index (χ3v) is 1.71. The van der Waals surface area contributed by atoms with Crippen molar-refractivity contribution in [3.63, 3.8) is 0 Å². The van der Waals surface area contributed by atoms with Gasteiger partial charge in [-0.3, -0.25) is 0 Å². The van der Waals surface area contributed by atoms with Crippen molar-refractivity contribution in [1.29, 1.82) is 0 Å². The molecule has 2 heterocycles. The van der Waals surface area contributed by atoms with E-state index >= 15 is 0 Å². The summed E-state index contributed by atoms with van der Waals surface area (Å²) in [6.07, 6.45) is 1.52. The molecule has 0 bridgehead atoms. The predicted molar refractivity (Wildman–Crippen MR) is 57.7 cm³/mol. The van der Waals surface area contributed by atoms with Gasteiger partial charge >= 0.3 is 6.01 Å². The van der Waals surface area contributed by atoms with Crippen LogP contribution in [0, 0.1) is 0 Å². The van der Waals surface area contributed by atoms with E-state index in [0.717, 1.165) is 0 Å². The van der Waals surface area contributed by atoms with Crippen molar-refractivity contribution in [3.05, 3.63) is 18.4 Å². The number of hydrogen-bond acceptors (Lipinski definition) is 6. The number of ether oxygens (including phenoxy) is 1. The Bertz CT molecular complexity index is 468. The van der Waals surface area contributed by atoms with Crippen molar-refractivity contribution in [2.24, 2.45) is 0 Å². The molecule has 84 valence electrons. The summed E-state index contributed by atoms with van der Waals surface area (Å²) >= 11 is 0. The highest BCUT2D eigenvalue weighted by atomic mass is 16.5. The van der Waals surface area contributed by atoms with Gasteiger partial charge in [0.2, 0.25) is 11.8 Å². The van der Waals surface area contributed by atoms with Crippen molar-refractivity contribution in [2.75, 3.05) is 5.73 Å². The van der Waals surface area contributed by atoms with Gasteiger partial charge in [0, 0.05) is 0 Å². The van der Waals surface area contributed by atoms with Gasteiger partial charge in [0.15, 0.2) is 5.76 Å². The SMILES string of the molecule is CC(C)Oc1nc(N)nc(-c2ccco2)n1. The zero-order chi connectivity index (χ0) is 11.5. The molecule has 0 fully saturated rings. The quantitative estimate of drug-likeness (QED) is 0.843. The average molecular weight is 220 g/mol. The lowest BCUT2D eigenvalue weighted by Gasteiger charge is -2.07. The summed E-state index contributed by atoms with van der Waals surface area (Å²) < 4.78 is 10.5. The van der Waals surface area contributed by atoms with E-state index in [9.17, 15) is 0 Å². The molecule has 0 aliphatic carbocycles. The second-order valence-electron chi connectivity index (χ2n) is 3.44. The normalized spacial score (nSPS) is 10.7. The highest BCUT2D eigenvalue weighted by Gasteiger charge is 2.10. The van der Waals surface area contributed by atoms with E-state index in [1.807, 2.05) is 13.8 Å². The number of nitrogen functional groups attached to an aromatic ring is 1. The lowest BCUT2D eigenvalue weighted by molar-refractivity contribution is 0.222. The van der Waals surface area contributed by atoms with Crippen LogP contribution < -0.4 is 10.5 Å². The molecular weight excluding hydrogens is 208 g/mol. The first kappa shape index (κ1) is 10.4. The molecule has 6 heteroatoms. The highest BCUT2D eigenvalue weighted by Crippen LogP contribution is 2.18. The van der Waals surface area contributed by atoms with Gasteiger partial charge < -0.3 is 14.9 Å². The third-order valence-electron chi connectivity index (χ3n) is 1.71. The largest absolute Gasteiger partial charge is 0.461 e. The van der Waals surface area contributed by atoms with Crippen LogP contribution in [0.1, 0.15) is 13.8 Å². The summed E-state index contributed by atoms with van der Waals surface area (Å²) in [5.41, 5.74) is 5.56. The Morgan fingerprint density at radius 3 is 2.75 bits per heavy atom. The minimum absolute atomic E-state index is 0.0220. The van der Waals surface area contributed by atoms with Crippen LogP contribution in [0.15, 0.2) is 22.8 Å². The number of furan rings is 1. The molecule has 0 amide bonds. The van der Waals surface area contributed by atoms with E-state index in [1.54, 1.807) is 12.1 Å². The molecule has 0 saturated carbocycles. The summed E-state index contributed by atoms with van der Waals surface area (Å²) in [5, 5.41) is 0. The molecule has 2 aromatic heterocycles. The van der Waals surface area contributed by atoms with Crippen LogP contribution in [0.5, 0.6) is 6.01 Å². The fourth-order valence-corrected chi connectivity index (χ4v) is 1.15. The molecule has 2 N–H and O–H groups in total. The smallest absolute Gasteiger partial charge is 0.322 e. The number of nitrogens with zero attached hydrogens (tertiary/aromatic N) is 3. The molecule has 0 unspecified atom stereocenters. The molecule has 0 saturated heterocycles. The summed E-state index contributed by atoms with van der Waals surface area (Å²) in [6.45, 7) is 3.76. The Kier molecular flexibility index (Phi) is 2.72. The zero-order valence-corrected chi connectivity index (χ0v) is 9.04. The number of rotatable bonds is 3. The first-order chi connectivity index (χ1) is 7.65. The Labute approximate surface area is 92.5 Å². The molecule has 16 heavy (non-hydrogen) atoms. The standard InChI is InChI=1S/C10H12N4O2/c1-6(2)16-10-13-8(12-9(11)14-10)7-4-3-5-15-7/h3-6H,1-2H3,(H2,11,12,13,14). The fourth-order valence-electron chi connectivity index (χ4n) is 1.15. The van der Waals surface area contributed by atoms with Gasteiger partial charge in [-0.25, -0.2) is 0 Å². The summed E-state index contributed by atoms with van der Waals surface area (Å²) in [4.78, 5) is 11.9. The maximum Gasteiger partial charge on any atom is 0.322 e. The van der Waals surface area contributed by atoms with Gasteiger partial charge in [0.05, 0.1) is 12.4 Å². The van der Waals surface area contributed by atoms with Gasteiger partial charge in [-0.2, -0.15) is 15.0 Å². The highest BCUT2D eigenvalue weighted by molar-refractivity contribution is 5.48. The van der Waals surface area contributed by atoms with Gasteiger partial charge in [-0.15, -0.1) is 0 Å². The molecule has 0 aromatic carbocycles.